The highest BCUT2D eigenvalue weighted by molar-refractivity contribution is 7.94. The number of hydrogen-bond donors (Lipinski definition) is 2. The highest BCUT2D eigenvalue weighted by Crippen LogP contribution is 2.62. The molecule has 1 amide bonds. The Balaban J connectivity index is 1.48. The van der Waals surface area contributed by atoms with Crippen molar-refractivity contribution in [2.24, 2.45) is 5.41 Å². The average Bonchev–Trinajstić information content (AvgIpc) is 3.49. The summed E-state index contributed by atoms with van der Waals surface area (Å²) in [7, 11) is -7.07. The predicted molar refractivity (Wildman–Crippen MR) is 147 cm³/mol. The number of rotatable bonds is 5. The third kappa shape index (κ3) is 4.97. The van der Waals surface area contributed by atoms with Crippen LogP contribution in [0.1, 0.15) is 75.2 Å². The molecule has 8 nitrogen and oxygen atoms in total. The second-order valence-electron chi connectivity index (χ2n) is 12.1. The number of sulfonamides is 2. The maximum Gasteiger partial charge on any atom is 0.258 e. The summed E-state index contributed by atoms with van der Waals surface area (Å²) in [5.74, 6) is -0.203. The lowest BCUT2D eigenvalue weighted by Gasteiger charge is -2.38. The van der Waals surface area contributed by atoms with Crippen LogP contribution in [0.3, 0.4) is 0 Å². The van der Waals surface area contributed by atoms with Crippen LogP contribution in [-0.2, 0) is 25.5 Å². The Morgan fingerprint density at radius 1 is 0.865 bits per heavy atom. The molecule has 0 saturated heterocycles. The molecule has 0 aromatic heterocycles. The third-order valence-electron chi connectivity index (χ3n) is 8.26. The lowest BCUT2D eigenvalue weighted by molar-refractivity contribution is 0.0980. The summed E-state index contributed by atoms with van der Waals surface area (Å²) in [6.45, 7) is 5.38. The first-order valence-electron chi connectivity index (χ1n) is 12.7. The van der Waals surface area contributed by atoms with Crippen LogP contribution in [0.5, 0.6) is 0 Å². The Bertz CT molecular complexity index is 1460. The maximum atomic E-state index is 13.8. The van der Waals surface area contributed by atoms with E-state index in [2.05, 4.69) is 9.44 Å². The molecular formula is C27H35N3O5S2. The monoisotopic (exact) mass is 545 g/mol. The van der Waals surface area contributed by atoms with Crippen molar-refractivity contribution in [3.63, 3.8) is 0 Å². The Hall–Kier alpha value is -2.59. The van der Waals surface area contributed by atoms with E-state index in [-0.39, 0.29) is 11.3 Å². The molecule has 0 bridgehead atoms. The van der Waals surface area contributed by atoms with E-state index in [4.69, 9.17) is 0 Å². The normalized spacial score (nSPS) is 20.1. The molecule has 2 aromatic rings. The lowest BCUT2D eigenvalue weighted by atomic mass is 9.66. The van der Waals surface area contributed by atoms with Gasteiger partial charge in [0, 0.05) is 34.6 Å². The number of anilines is 3. The van der Waals surface area contributed by atoms with Crippen LogP contribution in [0.25, 0.3) is 0 Å². The molecule has 0 unspecified atom stereocenters. The minimum Gasteiger partial charge on any atom is -0.307 e. The second kappa shape index (κ2) is 8.46. The van der Waals surface area contributed by atoms with Gasteiger partial charge in [0.15, 0.2) is 0 Å². The highest BCUT2D eigenvalue weighted by atomic mass is 32.2. The zero-order chi connectivity index (χ0) is 26.9. The summed E-state index contributed by atoms with van der Waals surface area (Å²) in [5, 5.41) is 0. The van der Waals surface area contributed by atoms with E-state index in [1.54, 1.807) is 56.0 Å². The van der Waals surface area contributed by atoms with E-state index in [0.717, 1.165) is 43.2 Å². The van der Waals surface area contributed by atoms with Crippen LogP contribution >= 0.6 is 0 Å². The quantitative estimate of drug-likeness (QED) is 0.558. The van der Waals surface area contributed by atoms with Crippen molar-refractivity contribution in [3.05, 3.63) is 53.6 Å². The molecule has 1 aliphatic heterocycles. The third-order valence-corrected chi connectivity index (χ3v) is 11.0. The fourth-order valence-electron chi connectivity index (χ4n) is 5.67. The van der Waals surface area contributed by atoms with E-state index in [0.29, 0.717) is 28.9 Å². The molecule has 2 N–H and O–H groups in total. The molecule has 10 heteroatoms. The van der Waals surface area contributed by atoms with Crippen molar-refractivity contribution in [1.82, 2.24) is 0 Å². The Labute approximate surface area is 219 Å². The van der Waals surface area contributed by atoms with Crippen LogP contribution in [0.4, 0.5) is 17.1 Å². The fraction of sp³-hybridized carbons (Fsp3) is 0.519. The number of nitrogens with one attached hydrogen (secondary N) is 2. The van der Waals surface area contributed by atoms with E-state index in [1.165, 1.54) is 12.8 Å². The van der Waals surface area contributed by atoms with Gasteiger partial charge < -0.3 is 4.90 Å². The van der Waals surface area contributed by atoms with E-state index in [1.807, 2.05) is 12.1 Å². The summed E-state index contributed by atoms with van der Waals surface area (Å²) in [5.41, 5.74) is 3.27. The van der Waals surface area contributed by atoms with Crippen LogP contribution < -0.4 is 14.3 Å². The van der Waals surface area contributed by atoms with Crippen molar-refractivity contribution in [2.45, 2.75) is 69.5 Å². The van der Waals surface area contributed by atoms with Crippen LogP contribution in [0.15, 0.2) is 42.5 Å². The number of fused-ring (bicyclic) bond motifs is 2. The van der Waals surface area contributed by atoms with Crippen LogP contribution in [0.2, 0.25) is 0 Å². The Kier molecular flexibility index (Phi) is 5.95. The minimum absolute atomic E-state index is 0.203. The van der Waals surface area contributed by atoms with Crippen molar-refractivity contribution in [2.75, 3.05) is 27.1 Å². The van der Waals surface area contributed by atoms with Gasteiger partial charge in [-0.15, -0.1) is 0 Å². The lowest BCUT2D eigenvalue weighted by Crippen LogP contribution is -2.40. The van der Waals surface area contributed by atoms with Crippen molar-refractivity contribution >= 4 is 43.0 Å². The van der Waals surface area contributed by atoms with E-state index >= 15 is 0 Å². The van der Waals surface area contributed by atoms with Gasteiger partial charge in [0.05, 0.1) is 11.0 Å². The molecule has 0 atom stereocenters. The van der Waals surface area contributed by atoms with Gasteiger partial charge in [0.1, 0.15) is 0 Å². The largest absolute Gasteiger partial charge is 0.307 e. The average molecular weight is 546 g/mol. The first-order chi connectivity index (χ1) is 17.1. The molecule has 37 heavy (non-hydrogen) atoms. The zero-order valence-electron chi connectivity index (χ0n) is 21.8. The molecule has 2 fully saturated rings. The molecule has 2 saturated carbocycles. The molecule has 5 rings (SSSR count). The SMILES string of the molecule is CC(C)(C)S(=O)(=O)Nc1cccc(C(=O)N2CC3(CCC4(CC4)CC3)c3cc(NS(C)(=O)=O)ccc32)c1. The first-order valence-corrected chi connectivity index (χ1v) is 16.1. The molecule has 2 aromatic carbocycles. The highest BCUT2D eigenvalue weighted by Gasteiger charge is 2.53. The molecule has 1 heterocycles. The standard InChI is InChI=1S/C27H35N3O5S2/c1-25(2,3)37(34,35)29-20-7-5-6-19(16-20)24(31)30-18-27(14-12-26(10-11-26)13-15-27)22-17-21(8-9-23(22)30)28-36(4,32)33/h5-9,16-17,28-29H,10-15,18H2,1-4H3. The van der Waals surface area contributed by atoms with Crippen molar-refractivity contribution in [1.29, 1.82) is 0 Å². The van der Waals surface area contributed by atoms with Gasteiger partial charge in [-0.25, -0.2) is 16.8 Å². The van der Waals surface area contributed by atoms with Gasteiger partial charge >= 0.3 is 0 Å². The van der Waals surface area contributed by atoms with Gasteiger partial charge in [-0.2, -0.15) is 0 Å². The minimum atomic E-state index is -3.64. The number of benzene rings is 2. The van der Waals surface area contributed by atoms with E-state index in [9.17, 15) is 21.6 Å². The van der Waals surface area contributed by atoms with Gasteiger partial charge in [-0.05, 0) is 107 Å². The number of nitrogens with zero attached hydrogens (tertiary/aromatic N) is 1. The molecule has 0 radical (unpaired) electrons. The number of carbonyl (C=O) groups excluding carboxylic acids is 1. The molecule has 2 spiro atoms. The van der Waals surface area contributed by atoms with E-state index < -0.39 is 24.8 Å². The fourth-order valence-corrected chi connectivity index (χ4v) is 6.97. The molecule has 3 aliphatic rings. The van der Waals surface area contributed by atoms with Crippen LogP contribution in [0, 0.1) is 5.41 Å². The summed E-state index contributed by atoms with van der Waals surface area (Å²) < 4.78 is 53.3. The number of amides is 1. The van der Waals surface area contributed by atoms with Gasteiger partial charge in [-0.1, -0.05) is 6.07 Å². The number of carbonyl (C=O) groups is 1. The van der Waals surface area contributed by atoms with Crippen molar-refractivity contribution < 1.29 is 21.6 Å². The topological polar surface area (TPSA) is 113 Å². The second-order valence-corrected chi connectivity index (χ2v) is 16.3. The molecule has 2 aliphatic carbocycles. The Morgan fingerprint density at radius 3 is 2.08 bits per heavy atom. The first kappa shape index (κ1) is 26.0. The number of hydrogen-bond acceptors (Lipinski definition) is 5. The Morgan fingerprint density at radius 2 is 1.49 bits per heavy atom. The smallest absolute Gasteiger partial charge is 0.258 e. The predicted octanol–water partition coefficient (Wildman–Crippen LogP) is 4.85. The summed E-state index contributed by atoms with van der Waals surface area (Å²) in [4.78, 5) is 15.6. The van der Waals surface area contributed by atoms with Crippen molar-refractivity contribution in [3.8, 4) is 0 Å². The molecule has 200 valence electrons. The van der Waals surface area contributed by atoms with Gasteiger partial charge in [-0.3, -0.25) is 14.2 Å². The summed E-state index contributed by atoms with van der Waals surface area (Å²) in [6, 6.07) is 12.0. The summed E-state index contributed by atoms with van der Waals surface area (Å²) in [6.07, 6.45) is 7.81. The van der Waals surface area contributed by atoms with Crippen LogP contribution in [-0.4, -0.2) is 40.3 Å². The zero-order valence-corrected chi connectivity index (χ0v) is 23.4. The maximum absolute atomic E-state index is 13.8. The summed E-state index contributed by atoms with van der Waals surface area (Å²) >= 11 is 0. The molecular weight excluding hydrogens is 510 g/mol. The van der Waals surface area contributed by atoms with Gasteiger partial charge in [0.25, 0.3) is 5.91 Å². The van der Waals surface area contributed by atoms with Gasteiger partial charge in [0.2, 0.25) is 20.0 Å².